The molecule has 0 radical (unpaired) electrons. The van der Waals surface area contributed by atoms with Gasteiger partial charge in [0.05, 0.1) is 0 Å². The van der Waals surface area contributed by atoms with Crippen molar-refractivity contribution in [3.8, 4) is 0 Å². The van der Waals surface area contributed by atoms with E-state index in [0.717, 1.165) is 11.3 Å². The summed E-state index contributed by atoms with van der Waals surface area (Å²) < 4.78 is 13.5. The molecular formula is C24H28FN3O3. The summed E-state index contributed by atoms with van der Waals surface area (Å²) in [7, 11) is 0. The number of carbonyl (C=O) groups excluding carboxylic acids is 3. The van der Waals surface area contributed by atoms with E-state index in [4.69, 9.17) is 0 Å². The highest BCUT2D eigenvalue weighted by molar-refractivity contribution is 6.10. The molecule has 0 aliphatic carbocycles. The van der Waals surface area contributed by atoms with E-state index < -0.39 is 23.3 Å². The molecule has 31 heavy (non-hydrogen) atoms. The summed E-state index contributed by atoms with van der Waals surface area (Å²) in [6.45, 7) is 5.37. The van der Waals surface area contributed by atoms with Crippen LogP contribution in [0.15, 0.2) is 54.6 Å². The number of anilines is 1. The number of nitrogens with zero attached hydrogens (tertiary/aromatic N) is 2. The Morgan fingerprint density at radius 1 is 1.10 bits per heavy atom. The number of amides is 4. The number of urea groups is 1. The minimum absolute atomic E-state index is 0.155. The molecule has 1 aliphatic heterocycles. The van der Waals surface area contributed by atoms with Gasteiger partial charge >= 0.3 is 6.03 Å². The maximum Gasteiger partial charge on any atom is 0.325 e. The second-order valence-corrected chi connectivity index (χ2v) is 8.03. The van der Waals surface area contributed by atoms with Crippen LogP contribution in [0.4, 0.5) is 14.9 Å². The zero-order valence-electron chi connectivity index (χ0n) is 18.1. The molecule has 164 valence electrons. The zero-order valence-corrected chi connectivity index (χ0v) is 18.1. The lowest BCUT2D eigenvalue weighted by atomic mass is 9.85. The number of para-hydroxylation sites is 1. The molecule has 7 heteroatoms. The Bertz CT molecular complexity index is 946. The van der Waals surface area contributed by atoms with Crippen LogP contribution in [0.1, 0.15) is 45.6 Å². The maximum atomic E-state index is 13.5. The fraction of sp³-hybridized carbons (Fsp3) is 0.375. The lowest BCUT2D eigenvalue weighted by Crippen LogP contribution is -2.47. The van der Waals surface area contributed by atoms with Crippen molar-refractivity contribution >= 4 is 23.5 Å². The Balaban J connectivity index is 1.90. The monoisotopic (exact) mass is 425 g/mol. The van der Waals surface area contributed by atoms with Gasteiger partial charge in [0.25, 0.3) is 5.91 Å². The highest BCUT2D eigenvalue weighted by Crippen LogP contribution is 2.34. The van der Waals surface area contributed by atoms with Gasteiger partial charge < -0.3 is 10.2 Å². The largest absolute Gasteiger partial charge is 0.325 e. The van der Waals surface area contributed by atoms with Crippen LogP contribution in [0.5, 0.6) is 0 Å². The Labute approximate surface area is 182 Å². The maximum absolute atomic E-state index is 13.5. The smallest absolute Gasteiger partial charge is 0.319 e. The van der Waals surface area contributed by atoms with Gasteiger partial charge in [0, 0.05) is 11.7 Å². The fourth-order valence-electron chi connectivity index (χ4n) is 3.99. The predicted molar refractivity (Wildman–Crippen MR) is 117 cm³/mol. The number of hydrogen-bond donors (Lipinski definition) is 1. The molecular weight excluding hydrogens is 397 g/mol. The van der Waals surface area contributed by atoms with Crippen LogP contribution in [0.3, 0.4) is 0 Å². The summed E-state index contributed by atoms with van der Waals surface area (Å²) in [5.74, 6) is -1.26. The van der Waals surface area contributed by atoms with Gasteiger partial charge in [-0.15, -0.1) is 0 Å². The lowest BCUT2D eigenvalue weighted by molar-refractivity contribution is -0.135. The number of nitrogens with one attached hydrogen (secondary N) is 1. The second-order valence-electron chi connectivity index (χ2n) is 8.03. The number of unbranched alkanes of at least 4 members (excludes halogenated alkanes) is 1. The average molecular weight is 426 g/mol. The lowest BCUT2D eigenvalue weighted by Gasteiger charge is -2.29. The summed E-state index contributed by atoms with van der Waals surface area (Å²) in [6, 6.07) is 13.9. The van der Waals surface area contributed by atoms with Gasteiger partial charge in [-0.2, -0.15) is 0 Å². The first kappa shape index (κ1) is 22.5. The molecule has 6 nitrogen and oxygen atoms in total. The molecule has 3 rings (SSSR count). The molecule has 1 fully saturated rings. The molecule has 4 amide bonds. The van der Waals surface area contributed by atoms with E-state index in [1.165, 1.54) is 24.3 Å². The van der Waals surface area contributed by atoms with E-state index in [2.05, 4.69) is 5.32 Å². The van der Waals surface area contributed by atoms with E-state index in [1.54, 1.807) is 4.90 Å². The van der Waals surface area contributed by atoms with E-state index >= 15 is 0 Å². The normalized spacial score (nSPS) is 18.4. The van der Waals surface area contributed by atoms with Crippen LogP contribution in [0, 0.1) is 5.82 Å². The van der Waals surface area contributed by atoms with E-state index in [-0.39, 0.29) is 18.5 Å². The summed E-state index contributed by atoms with van der Waals surface area (Å²) in [5, 5.41) is 2.80. The first-order valence-corrected chi connectivity index (χ1v) is 10.6. The van der Waals surface area contributed by atoms with Crippen LogP contribution in [0.2, 0.25) is 0 Å². The number of hydrogen-bond acceptors (Lipinski definition) is 3. The highest BCUT2D eigenvalue weighted by atomic mass is 19.1. The topological polar surface area (TPSA) is 69.7 Å². The minimum Gasteiger partial charge on any atom is -0.319 e. The van der Waals surface area contributed by atoms with Crippen LogP contribution >= 0.6 is 0 Å². The average Bonchev–Trinajstić information content (AvgIpc) is 2.98. The number of benzene rings is 2. The standard InChI is InChI=1S/C24H28FN3O3/c1-4-5-15-24(18-11-13-19(25)14-12-18)22(30)27(23(31)26-24)16-21(29)28(17(2)3)20-9-7-6-8-10-20/h6-14,17H,4-5,15-16H2,1-3H3,(H,26,31)/t24-/m1/s1. The fourth-order valence-corrected chi connectivity index (χ4v) is 3.99. The second kappa shape index (κ2) is 9.29. The number of rotatable bonds is 8. The van der Waals surface area contributed by atoms with E-state index in [9.17, 15) is 18.8 Å². The SMILES string of the molecule is CCCC[C@]1(c2ccc(F)cc2)NC(=O)N(CC(=O)N(c2ccccc2)C(C)C)C1=O. The minimum atomic E-state index is -1.30. The molecule has 1 atom stereocenters. The summed E-state index contributed by atoms with van der Waals surface area (Å²) in [4.78, 5) is 42.0. The number of halogens is 1. The van der Waals surface area contributed by atoms with Crippen molar-refractivity contribution in [2.24, 2.45) is 0 Å². The third-order valence-corrected chi connectivity index (χ3v) is 5.53. The van der Waals surface area contributed by atoms with Gasteiger partial charge in [0.2, 0.25) is 5.91 Å². The van der Waals surface area contributed by atoms with Crippen molar-refractivity contribution < 1.29 is 18.8 Å². The Morgan fingerprint density at radius 3 is 2.32 bits per heavy atom. The van der Waals surface area contributed by atoms with Crippen molar-refractivity contribution in [1.82, 2.24) is 10.2 Å². The zero-order chi connectivity index (χ0) is 22.6. The van der Waals surface area contributed by atoms with Gasteiger partial charge in [-0.3, -0.25) is 14.5 Å². The van der Waals surface area contributed by atoms with Gasteiger partial charge in [-0.25, -0.2) is 9.18 Å². The first-order chi connectivity index (χ1) is 14.8. The van der Waals surface area contributed by atoms with Crippen LogP contribution < -0.4 is 10.2 Å². The Hall–Kier alpha value is -3.22. The van der Waals surface area contributed by atoms with Crippen LogP contribution in [0.25, 0.3) is 0 Å². The summed E-state index contributed by atoms with van der Waals surface area (Å²) in [6.07, 6.45) is 1.88. The highest BCUT2D eigenvalue weighted by Gasteiger charge is 2.52. The molecule has 2 aromatic carbocycles. The number of imide groups is 1. The molecule has 1 saturated heterocycles. The van der Waals surface area contributed by atoms with Crippen LogP contribution in [-0.2, 0) is 15.1 Å². The quantitative estimate of drug-likeness (QED) is 0.645. The molecule has 0 bridgehead atoms. The van der Waals surface area contributed by atoms with Crippen LogP contribution in [-0.4, -0.2) is 35.3 Å². The van der Waals surface area contributed by atoms with Crippen molar-refractivity contribution in [3.05, 3.63) is 66.0 Å². The van der Waals surface area contributed by atoms with E-state index in [0.29, 0.717) is 24.1 Å². The molecule has 1 heterocycles. The van der Waals surface area contributed by atoms with Gasteiger partial charge in [0.1, 0.15) is 17.9 Å². The van der Waals surface area contributed by atoms with Crippen molar-refractivity contribution in [1.29, 1.82) is 0 Å². The van der Waals surface area contributed by atoms with Crippen molar-refractivity contribution in [3.63, 3.8) is 0 Å². The van der Waals surface area contributed by atoms with E-state index in [1.807, 2.05) is 51.1 Å². The van der Waals surface area contributed by atoms with Gasteiger partial charge in [0.15, 0.2) is 0 Å². The first-order valence-electron chi connectivity index (χ1n) is 10.6. The molecule has 1 N–H and O–H groups in total. The molecule has 0 aromatic heterocycles. The third-order valence-electron chi connectivity index (χ3n) is 5.53. The molecule has 0 spiro atoms. The Morgan fingerprint density at radius 2 is 1.74 bits per heavy atom. The number of carbonyl (C=O) groups is 3. The molecule has 0 saturated carbocycles. The molecule has 0 unspecified atom stereocenters. The summed E-state index contributed by atoms with van der Waals surface area (Å²) in [5.41, 5.74) is -0.0824. The predicted octanol–water partition coefficient (Wildman–Crippen LogP) is 4.20. The van der Waals surface area contributed by atoms with Crippen molar-refractivity contribution in [2.45, 2.75) is 51.6 Å². The van der Waals surface area contributed by atoms with Crippen molar-refractivity contribution in [2.75, 3.05) is 11.4 Å². The third kappa shape index (κ3) is 4.45. The molecule has 1 aliphatic rings. The van der Waals surface area contributed by atoms with Gasteiger partial charge in [-0.1, -0.05) is 50.1 Å². The molecule has 2 aromatic rings. The summed E-state index contributed by atoms with van der Waals surface area (Å²) >= 11 is 0. The Kier molecular flexibility index (Phi) is 6.73. The van der Waals surface area contributed by atoms with Gasteiger partial charge in [-0.05, 0) is 50.1 Å².